The van der Waals surface area contributed by atoms with E-state index in [2.05, 4.69) is 41.1 Å². The number of ether oxygens (including phenoxy) is 2. The summed E-state index contributed by atoms with van der Waals surface area (Å²) in [5.74, 6) is 2.36. The predicted molar refractivity (Wildman–Crippen MR) is 130 cm³/mol. The van der Waals surface area contributed by atoms with Crippen LogP contribution in [0.3, 0.4) is 0 Å². The monoisotopic (exact) mass is 434 g/mol. The first-order valence-electron chi connectivity index (χ1n) is 11.7. The van der Waals surface area contributed by atoms with Crippen LogP contribution in [0.15, 0.2) is 36.4 Å². The van der Waals surface area contributed by atoms with Crippen molar-refractivity contribution in [3.8, 4) is 22.8 Å². The van der Waals surface area contributed by atoms with Crippen LogP contribution in [0.1, 0.15) is 50.2 Å². The Labute approximate surface area is 190 Å². The molecule has 0 atom stereocenters. The summed E-state index contributed by atoms with van der Waals surface area (Å²) in [5, 5.41) is 1.30. The van der Waals surface area contributed by atoms with Gasteiger partial charge in [-0.05, 0) is 79.7 Å². The second kappa shape index (κ2) is 9.78. The minimum Gasteiger partial charge on any atom is -0.493 e. The molecule has 0 amide bonds. The maximum Gasteiger partial charge on any atom is 0.161 e. The molecule has 1 fully saturated rings. The molecule has 0 saturated carbocycles. The van der Waals surface area contributed by atoms with Crippen molar-refractivity contribution < 1.29 is 14.3 Å². The number of nitrogens with zero attached hydrogens (tertiary/aromatic N) is 1. The number of hydrogen-bond acceptors (Lipinski definition) is 4. The molecule has 5 nitrogen and oxygen atoms in total. The highest BCUT2D eigenvalue weighted by Gasteiger charge is 2.23. The molecule has 5 heteroatoms. The summed E-state index contributed by atoms with van der Waals surface area (Å²) in [6.45, 7) is 6.76. The number of Topliss-reactive ketones (excluding diaryl/α,β-unsaturated/α-hetero) is 1. The maximum absolute atomic E-state index is 11.8. The fourth-order valence-electron chi connectivity index (χ4n) is 4.91. The van der Waals surface area contributed by atoms with Gasteiger partial charge in [0.2, 0.25) is 0 Å². The number of benzene rings is 2. The number of rotatable bonds is 8. The zero-order valence-electron chi connectivity index (χ0n) is 19.7. The molecule has 0 bridgehead atoms. The van der Waals surface area contributed by atoms with Crippen LogP contribution in [0.25, 0.3) is 22.2 Å². The third-order valence-corrected chi connectivity index (χ3v) is 6.81. The fourth-order valence-corrected chi connectivity index (χ4v) is 4.91. The van der Waals surface area contributed by atoms with Crippen LogP contribution in [0.4, 0.5) is 0 Å². The summed E-state index contributed by atoms with van der Waals surface area (Å²) in [4.78, 5) is 17.7. The lowest BCUT2D eigenvalue weighted by Gasteiger charge is -2.31. The Morgan fingerprint density at radius 1 is 1.03 bits per heavy atom. The van der Waals surface area contributed by atoms with Crippen molar-refractivity contribution in [2.45, 2.75) is 45.4 Å². The second-order valence-corrected chi connectivity index (χ2v) is 8.65. The Morgan fingerprint density at radius 3 is 2.44 bits per heavy atom. The number of carbonyl (C=O) groups is 1. The number of aromatic amines is 1. The average molecular weight is 435 g/mol. The van der Waals surface area contributed by atoms with E-state index in [1.807, 2.05) is 19.1 Å². The highest BCUT2D eigenvalue weighted by Crippen LogP contribution is 2.38. The van der Waals surface area contributed by atoms with Gasteiger partial charge in [0.25, 0.3) is 0 Å². The number of methoxy groups -OCH3 is 2. The first kappa shape index (κ1) is 22.4. The molecule has 0 aliphatic carbocycles. The van der Waals surface area contributed by atoms with Crippen LogP contribution in [0.2, 0.25) is 0 Å². The van der Waals surface area contributed by atoms with E-state index in [0.717, 1.165) is 55.1 Å². The van der Waals surface area contributed by atoms with Gasteiger partial charge in [-0.3, -0.25) is 9.69 Å². The van der Waals surface area contributed by atoms with Crippen molar-refractivity contribution in [2.24, 2.45) is 0 Å². The van der Waals surface area contributed by atoms with Gasteiger partial charge in [-0.15, -0.1) is 0 Å². The number of nitrogens with one attached hydrogen (secondary N) is 1. The smallest absolute Gasteiger partial charge is 0.161 e. The molecule has 1 aliphatic rings. The Kier molecular flexibility index (Phi) is 6.85. The molecule has 1 aliphatic heterocycles. The molecule has 2 heterocycles. The lowest BCUT2D eigenvalue weighted by molar-refractivity contribution is -0.120. The van der Waals surface area contributed by atoms with Gasteiger partial charge in [0.1, 0.15) is 5.78 Å². The molecule has 3 aromatic rings. The van der Waals surface area contributed by atoms with Gasteiger partial charge in [0.15, 0.2) is 11.5 Å². The number of hydrogen-bond donors (Lipinski definition) is 1. The lowest BCUT2D eigenvalue weighted by atomic mass is 9.88. The topological polar surface area (TPSA) is 54.6 Å². The fraction of sp³-hybridized carbons (Fsp3) is 0.444. The summed E-state index contributed by atoms with van der Waals surface area (Å²) in [6.07, 6.45) is 3.80. The number of likely N-dealkylation sites (tertiary alicyclic amines) is 1. The van der Waals surface area contributed by atoms with E-state index in [4.69, 9.17) is 9.47 Å². The molecule has 1 N–H and O–H groups in total. The molecule has 1 saturated heterocycles. The van der Waals surface area contributed by atoms with Gasteiger partial charge in [-0.2, -0.15) is 0 Å². The minimum atomic E-state index is 0.340. The number of carbonyl (C=O) groups excluding carboxylic acids is 1. The third kappa shape index (κ3) is 4.40. The minimum absolute atomic E-state index is 0.340. The standard InChI is InChI=1S/C27H34N2O3/c1-5-21(30)17-29-13-11-18(12-14-29)19-7-9-24-23(15-19)22(6-2)27(28-24)20-8-10-25(31-3)26(16-20)32-4/h7-10,15-16,18,28H,5-6,11-14,17H2,1-4H3. The summed E-state index contributed by atoms with van der Waals surface area (Å²) in [6, 6.07) is 13.0. The molecule has 32 heavy (non-hydrogen) atoms. The number of H-pyrrole nitrogens is 1. The lowest BCUT2D eigenvalue weighted by Crippen LogP contribution is -2.36. The van der Waals surface area contributed by atoms with Crippen LogP contribution < -0.4 is 9.47 Å². The summed E-state index contributed by atoms with van der Waals surface area (Å²) in [7, 11) is 3.33. The van der Waals surface area contributed by atoms with Crippen molar-refractivity contribution in [2.75, 3.05) is 33.9 Å². The Morgan fingerprint density at radius 2 is 1.78 bits per heavy atom. The van der Waals surface area contributed by atoms with E-state index >= 15 is 0 Å². The van der Waals surface area contributed by atoms with Crippen molar-refractivity contribution in [3.05, 3.63) is 47.5 Å². The van der Waals surface area contributed by atoms with E-state index in [1.165, 1.54) is 22.0 Å². The Bertz CT molecular complexity index is 1090. The van der Waals surface area contributed by atoms with Gasteiger partial charge in [0.05, 0.1) is 20.8 Å². The maximum atomic E-state index is 11.8. The average Bonchev–Trinajstić information content (AvgIpc) is 3.21. The van der Waals surface area contributed by atoms with Gasteiger partial charge in [-0.1, -0.05) is 19.9 Å². The van der Waals surface area contributed by atoms with Crippen LogP contribution >= 0.6 is 0 Å². The molecule has 0 radical (unpaired) electrons. The summed E-state index contributed by atoms with van der Waals surface area (Å²) in [5.41, 5.74) is 6.16. The third-order valence-electron chi connectivity index (χ3n) is 6.81. The number of aromatic nitrogens is 1. The van der Waals surface area contributed by atoms with E-state index in [9.17, 15) is 4.79 Å². The SMILES string of the molecule is CCC(=O)CN1CCC(c2ccc3[nH]c(-c4ccc(OC)c(OC)c4)c(CC)c3c2)CC1. The largest absolute Gasteiger partial charge is 0.493 e. The van der Waals surface area contributed by atoms with Crippen molar-refractivity contribution in [3.63, 3.8) is 0 Å². The zero-order valence-corrected chi connectivity index (χ0v) is 19.7. The molecular weight excluding hydrogens is 400 g/mol. The number of aryl methyl sites for hydroxylation is 1. The molecule has 2 aromatic carbocycles. The normalized spacial score (nSPS) is 15.2. The van der Waals surface area contributed by atoms with Gasteiger partial charge in [-0.25, -0.2) is 0 Å². The zero-order chi connectivity index (χ0) is 22.7. The molecule has 4 rings (SSSR count). The quantitative estimate of drug-likeness (QED) is 0.503. The van der Waals surface area contributed by atoms with Crippen molar-refractivity contribution >= 4 is 16.7 Å². The first-order valence-corrected chi connectivity index (χ1v) is 11.7. The Balaban J connectivity index is 1.61. The molecule has 0 unspecified atom stereocenters. The van der Waals surface area contributed by atoms with E-state index < -0.39 is 0 Å². The molecule has 170 valence electrons. The number of piperidine rings is 1. The highest BCUT2D eigenvalue weighted by molar-refractivity contribution is 5.91. The van der Waals surface area contributed by atoms with E-state index in [1.54, 1.807) is 14.2 Å². The Hall–Kier alpha value is -2.79. The predicted octanol–water partition coefficient (Wildman–Crippen LogP) is 5.57. The number of ketones is 1. The first-order chi connectivity index (χ1) is 15.6. The van der Waals surface area contributed by atoms with Crippen LogP contribution in [0, 0.1) is 0 Å². The summed E-state index contributed by atoms with van der Waals surface area (Å²) >= 11 is 0. The number of fused-ring (bicyclic) bond motifs is 1. The highest BCUT2D eigenvalue weighted by atomic mass is 16.5. The second-order valence-electron chi connectivity index (χ2n) is 8.65. The van der Waals surface area contributed by atoms with Crippen LogP contribution in [-0.2, 0) is 11.2 Å². The van der Waals surface area contributed by atoms with Crippen molar-refractivity contribution in [1.82, 2.24) is 9.88 Å². The van der Waals surface area contributed by atoms with Gasteiger partial charge in [0, 0.05) is 28.6 Å². The summed E-state index contributed by atoms with van der Waals surface area (Å²) < 4.78 is 10.9. The molecule has 1 aromatic heterocycles. The van der Waals surface area contributed by atoms with Gasteiger partial charge >= 0.3 is 0 Å². The molecule has 0 spiro atoms. The van der Waals surface area contributed by atoms with Gasteiger partial charge < -0.3 is 14.5 Å². The van der Waals surface area contributed by atoms with E-state index in [0.29, 0.717) is 24.7 Å². The molecular formula is C27H34N2O3. The van der Waals surface area contributed by atoms with Crippen LogP contribution in [-0.4, -0.2) is 49.5 Å². The van der Waals surface area contributed by atoms with Crippen molar-refractivity contribution in [1.29, 1.82) is 0 Å². The van der Waals surface area contributed by atoms with Crippen LogP contribution in [0.5, 0.6) is 11.5 Å². The van der Waals surface area contributed by atoms with E-state index in [-0.39, 0.29) is 0 Å².